The van der Waals surface area contributed by atoms with Crippen LogP contribution >= 0.6 is 69.0 Å². The Kier molecular flexibility index (Phi) is 3.53. The molecular formula is C5Cl4IN. The summed E-state index contributed by atoms with van der Waals surface area (Å²) in [5.41, 5.74) is 0. The Hall–Kier alpha value is 1.04. The third kappa shape index (κ3) is 2.04. The van der Waals surface area contributed by atoms with Crippen LogP contribution < -0.4 is 0 Å². The van der Waals surface area contributed by atoms with E-state index in [1.807, 2.05) is 22.6 Å². The Morgan fingerprint density at radius 3 is 1.64 bits per heavy atom. The molecule has 0 aliphatic heterocycles. The van der Waals surface area contributed by atoms with Gasteiger partial charge in [0.05, 0.1) is 13.6 Å². The molecule has 1 aromatic heterocycles. The summed E-state index contributed by atoms with van der Waals surface area (Å²) in [7, 11) is 0. The molecule has 0 spiro atoms. The number of halogens is 5. The third-order valence-electron chi connectivity index (χ3n) is 0.944. The molecule has 60 valence electrons. The SMILES string of the molecule is Clc1nc(Cl)c(Cl)c(I)c1Cl. The van der Waals surface area contributed by atoms with E-state index < -0.39 is 0 Å². The Labute approximate surface area is 97.1 Å². The fourth-order valence-corrected chi connectivity index (χ4v) is 2.01. The van der Waals surface area contributed by atoms with Crippen LogP contribution in [0, 0.1) is 3.57 Å². The lowest BCUT2D eigenvalue weighted by atomic mass is 10.5. The molecule has 0 atom stereocenters. The smallest absolute Gasteiger partial charge is 0.150 e. The minimum atomic E-state index is 0.172. The van der Waals surface area contributed by atoms with E-state index in [1.165, 1.54) is 0 Å². The van der Waals surface area contributed by atoms with Gasteiger partial charge in [-0.25, -0.2) is 4.98 Å². The van der Waals surface area contributed by atoms with Gasteiger partial charge < -0.3 is 0 Å². The van der Waals surface area contributed by atoms with Gasteiger partial charge in [-0.05, 0) is 22.6 Å². The summed E-state index contributed by atoms with van der Waals surface area (Å²) in [4.78, 5) is 3.70. The van der Waals surface area contributed by atoms with Gasteiger partial charge in [-0.3, -0.25) is 0 Å². The van der Waals surface area contributed by atoms with Crippen molar-refractivity contribution in [2.75, 3.05) is 0 Å². The number of hydrogen-bond donors (Lipinski definition) is 0. The zero-order valence-corrected chi connectivity index (χ0v) is 10.0. The zero-order valence-electron chi connectivity index (χ0n) is 4.84. The second kappa shape index (κ2) is 3.83. The minimum absolute atomic E-state index is 0.172. The summed E-state index contributed by atoms with van der Waals surface area (Å²) >= 11 is 24.6. The number of aromatic nitrogens is 1. The average molecular weight is 343 g/mol. The molecule has 0 unspecified atom stereocenters. The summed E-state index contributed by atoms with van der Waals surface area (Å²) < 4.78 is 0.621. The second-order valence-corrected chi connectivity index (χ2v) is 4.19. The lowest BCUT2D eigenvalue weighted by Crippen LogP contribution is -1.85. The van der Waals surface area contributed by atoms with E-state index in [0.717, 1.165) is 0 Å². The lowest BCUT2D eigenvalue weighted by Gasteiger charge is -2.01. The van der Waals surface area contributed by atoms with E-state index >= 15 is 0 Å². The van der Waals surface area contributed by atoms with Crippen LogP contribution in [0.2, 0.25) is 20.4 Å². The summed E-state index contributed by atoms with van der Waals surface area (Å²) in [6.45, 7) is 0. The molecule has 0 bridgehead atoms. The molecule has 0 amide bonds. The van der Waals surface area contributed by atoms with Crippen molar-refractivity contribution in [1.82, 2.24) is 4.98 Å². The van der Waals surface area contributed by atoms with E-state index in [2.05, 4.69) is 4.98 Å². The van der Waals surface area contributed by atoms with Crippen molar-refractivity contribution in [2.24, 2.45) is 0 Å². The number of hydrogen-bond acceptors (Lipinski definition) is 1. The van der Waals surface area contributed by atoms with E-state index in [1.54, 1.807) is 0 Å². The highest BCUT2D eigenvalue weighted by atomic mass is 127. The summed E-state index contributed by atoms with van der Waals surface area (Å²) in [5, 5.41) is 1.01. The predicted octanol–water partition coefficient (Wildman–Crippen LogP) is 4.30. The Morgan fingerprint density at radius 2 is 1.27 bits per heavy atom. The molecule has 0 saturated heterocycles. The molecule has 0 saturated carbocycles. The molecule has 1 heterocycles. The molecule has 0 aromatic carbocycles. The van der Waals surface area contributed by atoms with Gasteiger partial charge in [-0.2, -0.15) is 0 Å². The van der Waals surface area contributed by atoms with Gasteiger partial charge in [-0.15, -0.1) is 0 Å². The van der Waals surface area contributed by atoms with Gasteiger partial charge in [-0.1, -0.05) is 46.4 Å². The maximum atomic E-state index is 5.71. The topological polar surface area (TPSA) is 12.9 Å². The normalized spacial score (nSPS) is 10.3. The highest BCUT2D eigenvalue weighted by molar-refractivity contribution is 14.1. The van der Waals surface area contributed by atoms with Crippen LogP contribution in [0.25, 0.3) is 0 Å². The van der Waals surface area contributed by atoms with Crippen LogP contribution in [-0.2, 0) is 0 Å². The van der Waals surface area contributed by atoms with Crippen molar-refractivity contribution in [3.05, 3.63) is 23.9 Å². The molecule has 1 nitrogen and oxygen atoms in total. The fourth-order valence-electron chi connectivity index (χ4n) is 0.462. The maximum Gasteiger partial charge on any atom is 0.150 e. The van der Waals surface area contributed by atoms with E-state index in [-0.39, 0.29) is 10.3 Å². The molecular weight excluding hydrogens is 343 g/mol. The molecule has 0 fully saturated rings. The first-order chi connectivity index (χ1) is 5.04. The minimum Gasteiger partial charge on any atom is -0.221 e. The highest BCUT2D eigenvalue weighted by Gasteiger charge is 2.12. The van der Waals surface area contributed by atoms with Crippen molar-refractivity contribution < 1.29 is 0 Å². The quantitative estimate of drug-likeness (QED) is 0.506. The van der Waals surface area contributed by atoms with Crippen molar-refractivity contribution in [3.8, 4) is 0 Å². The van der Waals surface area contributed by atoms with E-state index in [4.69, 9.17) is 46.4 Å². The van der Waals surface area contributed by atoms with Crippen molar-refractivity contribution in [1.29, 1.82) is 0 Å². The number of rotatable bonds is 0. The van der Waals surface area contributed by atoms with Crippen molar-refractivity contribution >= 4 is 69.0 Å². The first-order valence-corrected chi connectivity index (χ1v) is 4.98. The molecule has 11 heavy (non-hydrogen) atoms. The van der Waals surface area contributed by atoms with Gasteiger partial charge in [0.1, 0.15) is 0 Å². The fraction of sp³-hybridized carbons (Fsp3) is 0. The first-order valence-electron chi connectivity index (χ1n) is 2.39. The van der Waals surface area contributed by atoms with Crippen molar-refractivity contribution in [3.63, 3.8) is 0 Å². The van der Waals surface area contributed by atoms with Crippen molar-refractivity contribution in [2.45, 2.75) is 0 Å². The van der Waals surface area contributed by atoms with Crippen LogP contribution in [0.15, 0.2) is 0 Å². The van der Waals surface area contributed by atoms with Crippen LogP contribution in [0.5, 0.6) is 0 Å². The molecule has 1 rings (SSSR count). The van der Waals surface area contributed by atoms with Gasteiger partial charge in [0.15, 0.2) is 10.3 Å². The third-order valence-corrected chi connectivity index (χ3v) is 4.14. The highest BCUT2D eigenvalue weighted by Crippen LogP contribution is 2.34. The summed E-state index contributed by atoms with van der Waals surface area (Å²) in [6, 6.07) is 0. The van der Waals surface area contributed by atoms with Gasteiger partial charge in [0, 0.05) is 0 Å². The van der Waals surface area contributed by atoms with Gasteiger partial charge in [0.2, 0.25) is 0 Å². The number of pyridine rings is 1. The van der Waals surface area contributed by atoms with Crippen LogP contribution in [0.3, 0.4) is 0 Å². The van der Waals surface area contributed by atoms with Gasteiger partial charge in [0.25, 0.3) is 0 Å². The molecule has 0 aliphatic rings. The standard InChI is InChI=1S/C5Cl4IN/c6-1-3(10)2(7)5(9)11-4(1)8. The van der Waals surface area contributed by atoms with E-state index in [9.17, 15) is 0 Å². The second-order valence-electron chi connectivity index (χ2n) is 1.64. The van der Waals surface area contributed by atoms with Gasteiger partial charge >= 0.3 is 0 Å². The van der Waals surface area contributed by atoms with Crippen LogP contribution in [0.1, 0.15) is 0 Å². The monoisotopic (exact) mass is 341 g/mol. The Bertz CT molecular complexity index is 275. The molecule has 0 radical (unpaired) electrons. The Balaban J connectivity index is 3.46. The summed E-state index contributed by atoms with van der Waals surface area (Å²) in [5.74, 6) is 0. The summed E-state index contributed by atoms with van der Waals surface area (Å²) in [6.07, 6.45) is 0. The molecule has 1 aromatic rings. The predicted molar refractivity (Wildman–Crippen MR) is 57.0 cm³/mol. The molecule has 6 heteroatoms. The molecule has 0 aliphatic carbocycles. The first kappa shape index (κ1) is 10.1. The maximum absolute atomic E-state index is 5.71. The van der Waals surface area contributed by atoms with Crippen LogP contribution in [0.4, 0.5) is 0 Å². The zero-order chi connectivity index (χ0) is 8.59. The largest absolute Gasteiger partial charge is 0.221 e. The van der Waals surface area contributed by atoms with E-state index in [0.29, 0.717) is 13.6 Å². The van der Waals surface area contributed by atoms with Crippen LogP contribution in [-0.4, -0.2) is 4.98 Å². The number of nitrogens with zero attached hydrogens (tertiary/aromatic N) is 1. The molecule has 0 N–H and O–H groups in total. The lowest BCUT2D eigenvalue weighted by molar-refractivity contribution is 1.31. The Morgan fingerprint density at radius 1 is 0.909 bits per heavy atom. The average Bonchev–Trinajstić information content (AvgIpc) is 1.97.